The normalized spacial score (nSPS) is 16.2. The first-order chi connectivity index (χ1) is 12.7. The van der Waals surface area contributed by atoms with Gasteiger partial charge in [0.05, 0.1) is 24.2 Å². The van der Waals surface area contributed by atoms with Crippen molar-refractivity contribution in [2.45, 2.75) is 19.9 Å². The molecular weight excluding hydrogens is 334 g/mol. The van der Waals surface area contributed by atoms with E-state index >= 15 is 0 Å². The molecule has 0 amide bonds. The van der Waals surface area contributed by atoms with Crippen LogP contribution in [0.3, 0.4) is 0 Å². The Morgan fingerprint density at radius 2 is 2.19 bits per heavy atom. The van der Waals surface area contributed by atoms with Gasteiger partial charge in [-0.2, -0.15) is 4.68 Å². The minimum atomic E-state index is -0.515. The number of nitrogens with one attached hydrogen (secondary N) is 1. The predicted molar refractivity (Wildman–Crippen MR) is 92.5 cm³/mol. The van der Waals surface area contributed by atoms with Crippen LogP contribution in [0.15, 0.2) is 54.3 Å². The Balaban J connectivity index is 1.93. The minimum Gasteiger partial charge on any atom is -0.463 e. The lowest BCUT2D eigenvalue weighted by atomic mass is 9.94. The Morgan fingerprint density at radius 1 is 1.35 bits per heavy atom. The lowest BCUT2D eigenvalue weighted by Crippen LogP contribution is -2.30. The highest BCUT2D eigenvalue weighted by molar-refractivity contribution is 5.92. The van der Waals surface area contributed by atoms with Crippen LogP contribution < -0.4 is 5.32 Å². The van der Waals surface area contributed by atoms with Crippen LogP contribution in [0.5, 0.6) is 0 Å². The first kappa shape index (κ1) is 16.0. The molecule has 0 aliphatic carbocycles. The highest BCUT2D eigenvalue weighted by atomic mass is 16.5. The molecule has 1 N–H and O–H groups in total. The third-order valence-electron chi connectivity index (χ3n) is 4.22. The molecule has 2 aromatic heterocycles. The molecule has 1 aliphatic heterocycles. The zero-order valence-corrected chi connectivity index (χ0v) is 14.3. The molecule has 9 heteroatoms. The minimum absolute atomic E-state index is 0.286. The summed E-state index contributed by atoms with van der Waals surface area (Å²) in [7, 11) is 0. The number of allylic oxidation sites excluding steroid dienone is 1. The van der Waals surface area contributed by atoms with Crippen molar-refractivity contribution < 1.29 is 9.53 Å². The monoisotopic (exact) mass is 351 g/mol. The summed E-state index contributed by atoms with van der Waals surface area (Å²) in [5.41, 5.74) is 2.88. The van der Waals surface area contributed by atoms with Crippen LogP contribution in [0.2, 0.25) is 0 Å². The number of hydrogen-bond acceptors (Lipinski definition) is 7. The summed E-state index contributed by atoms with van der Waals surface area (Å²) in [5, 5.41) is 14.9. The van der Waals surface area contributed by atoms with Crippen LogP contribution in [0, 0.1) is 0 Å². The number of hydrogen-bond donors (Lipinski definition) is 1. The van der Waals surface area contributed by atoms with Crippen LogP contribution in [0.1, 0.15) is 25.5 Å². The number of carbonyl (C=O) groups excluding carboxylic acids is 1. The second kappa shape index (κ2) is 6.43. The first-order valence-electron chi connectivity index (χ1n) is 8.20. The molecule has 0 spiro atoms. The molecule has 1 unspecified atom stereocenters. The van der Waals surface area contributed by atoms with E-state index in [9.17, 15) is 4.79 Å². The number of para-hydroxylation sites is 1. The number of tetrazole rings is 1. The van der Waals surface area contributed by atoms with E-state index in [-0.39, 0.29) is 6.61 Å². The van der Waals surface area contributed by atoms with Gasteiger partial charge in [0.15, 0.2) is 0 Å². The number of nitrogens with zero attached hydrogens (tertiary/aromatic N) is 6. The van der Waals surface area contributed by atoms with E-state index in [2.05, 4.69) is 25.8 Å². The Hall–Kier alpha value is -3.49. The number of esters is 1. The van der Waals surface area contributed by atoms with Crippen LogP contribution in [0.25, 0.3) is 5.69 Å². The molecule has 132 valence electrons. The number of benzene rings is 1. The molecule has 1 aliphatic rings. The van der Waals surface area contributed by atoms with Crippen LogP contribution in [-0.4, -0.2) is 42.3 Å². The molecule has 0 saturated heterocycles. The molecule has 0 saturated carbocycles. The van der Waals surface area contributed by atoms with E-state index in [1.807, 2.05) is 42.0 Å². The average molecular weight is 351 g/mol. The van der Waals surface area contributed by atoms with E-state index in [0.717, 1.165) is 11.3 Å². The Labute approximate surface area is 149 Å². The largest absolute Gasteiger partial charge is 0.463 e. The molecule has 0 fully saturated rings. The summed E-state index contributed by atoms with van der Waals surface area (Å²) in [5.74, 6) is 0.0741. The summed E-state index contributed by atoms with van der Waals surface area (Å²) in [6.07, 6.45) is 5.26. The number of carbonyl (C=O) groups is 1. The van der Waals surface area contributed by atoms with E-state index in [0.29, 0.717) is 17.2 Å². The molecule has 0 bridgehead atoms. The zero-order chi connectivity index (χ0) is 18.1. The summed E-state index contributed by atoms with van der Waals surface area (Å²) in [4.78, 5) is 16.8. The Bertz CT molecular complexity index is 975. The van der Waals surface area contributed by atoms with Crippen molar-refractivity contribution in [1.29, 1.82) is 0 Å². The number of fused-ring (bicyclic) bond motifs is 1. The standard InChI is InChI=1S/C17H17N7O2/c1-3-26-16(25)14-11(2)19-17-20-21-22-24(17)15(14)12-6-4-5-7-13(12)23-9-8-18-10-23/h4-10,15H,3H2,1-2H3,(H,19,20,22). The van der Waals surface area contributed by atoms with Gasteiger partial charge in [-0.25, -0.2) is 9.78 Å². The quantitative estimate of drug-likeness (QED) is 0.714. The van der Waals surface area contributed by atoms with Gasteiger partial charge < -0.3 is 14.6 Å². The maximum absolute atomic E-state index is 12.7. The smallest absolute Gasteiger partial charge is 0.338 e. The number of imidazole rings is 1. The van der Waals surface area contributed by atoms with E-state index in [4.69, 9.17) is 4.74 Å². The van der Waals surface area contributed by atoms with Gasteiger partial charge >= 0.3 is 5.97 Å². The number of aromatic nitrogens is 6. The van der Waals surface area contributed by atoms with Crippen LogP contribution in [0.4, 0.5) is 5.95 Å². The van der Waals surface area contributed by atoms with Gasteiger partial charge in [0.1, 0.15) is 6.04 Å². The van der Waals surface area contributed by atoms with Gasteiger partial charge in [0.2, 0.25) is 5.95 Å². The van der Waals surface area contributed by atoms with Crippen molar-refractivity contribution in [2.75, 3.05) is 11.9 Å². The van der Waals surface area contributed by atoms with Crippen LogP contribution >= 0.6 is 0 Å². The predicted octanol–water partition coefficient (Wildman–Crippen LogP) is 1.71. The van der Waals surface area contributed by atoms with Gasteiger partial charge in [0.25, 0.3) is 0 Å². The van der Waals surface area contributed by atoms with Gasteiger partial charge in [-0.1, -0.05) is 23.3 Å². The lowest BCUT2D eigenvalue weighted by Gasteiger charge is -2.28. The SMILES string of the molecule is CCOC(=O)C1=C(C)Nc2nnnn2C1c1ccccc1-n1ccnc1. The first-order valence-corrected chi connectivity index (χ1v) is 8.20. The van der Waals surface area contributed by atoms with Crippen molar-refractivity contribution in [3.8, 4) is 5.69 Å². The molecule has 3 heterocycles. The molecule has 1 aromatic carbocycles. The third-order valence-corrected chi connectivity index (χ3v) is 4.22. The van der Waals surface area contributed by atoms with Gasteiger partial charge in [-0.3, -0.25) is 0 Å². The topological polar surface area (TPSA) is 99.8 Å². The summed E-state index contributed by atoms with van der Waals surface area (Å²) < 4.78 is 8.77. The average Bonchev–Trinajstić information content (AvgIpc) is 3.32. The van der Waals surface area contributed by atoms with Gasteiger partial charge in [0, 0.05) is 23.7 Å². The summed E-state index contributed by atoms with van der Waals surface area (Å²) >= 11 is 0. The van der Waals surface area contributed by atoms with E-state index in [1.165, 1.54) is 0 Å². The van der Waals surface area contributed by atoms with Crippen molar-refractivity contribution in [2.24, 2.45) is 0 Å². The van der Waals surface area contributed by atoms with Gasteiger partial charge in [-0.15, -0.1) is 0 Å². The Kier molecular flexibility index (Phi) is 3.96. The molecule has 9 nitrogen and oxygen atoms in total. The van der Waals surface area contributed by atoms with E-state index in [1.54, 1.807) is 24.1 Å². The molecular formula is C17H17N7O2. The highest BCUT2D eigenvalue weighted by Gasteiger charge is 2.36. The second-order valence-electron chi connectivity index (χ2n) is 5.76. The van der Waals surface area contributed by atoms with Gasteiger partial charge in [-0.05, 0) is 30.3 Å². The Morgan fingerprint density at radius 3 is 2.96 bits per heavy atom. The maximum atomic E-state index is 12.7. The molecule has 3 aromatic rings. The van der Waals surface area contributed by atoms with Crippen LogP contribution in [-0.2, 0) is 9.53 Å². The maximum Gasteiger partial charge on any atom is 0.338 e. The van der Waals surface area contributed by atoms with E-state index < -0.39 is 12.0 Å². The fourth-order valence-electron chi connectivity index (χ4n) is 3.13. The molecule has 4 rings (SSSR count). The highest BCUT2D eigenvalue weighted by Crippen LogP contribution is 2.37. The molecule has 0 radical (unpaired) electrons. The molecule has 1 atom stereocenters. The number of ether oxygens (including phenoxy) is 1. The zero-order valence-electron chi connectivity index (χ0n) is 14.3. The summed E-state index contributed by atoms with van der Waals surface area (Å²) in [6.45, 7) is 3.88. The van der Waals surface area contributed by atoms with Crippen molar-refractivity contribution in [3.63, 3.8) is 0 Å². The fourth-order valence-corrected chi connectivity index (χ4v) is 3.13. The lowest BCUT2D eigenvalue weighted by molar-refractivity contribution is -0.139. The third kappa shape index (κ3) is 2.53. The molecule has 26 heavy (non-hydrogen) atoms. The van der Waals surface area contributed by atoms with Crippen molar-refractivity contribution in [1.82, 2.24) is 29.8 Å². The summed E-state index contributed by atoms with van der Waals surface area (Å²) in [6, 6.07) is 7.24. The number of anilines is 1. The van der Waals surface area contributed by atoms with Crippen molar-refractivity contribution in [3.05, 3.63) is 59.8 Å². The fraction of sp³-hybridized carbons (Fsp3) is 0.235. The van der Waals surface area contributed by atoms with Crippen molar-refractivity contribution >= 4 is 11.9 Å². The number of rotatable bonds is 4. The second-order valence-corrected chi connectivity index (χ2v) is 5.76.